The van der Waals surface area contributed by atoms with Crippen LogP contribution in [-0.4, -0.2) is 47.2 Å². The number of piperidine rings is 1. The predicted molar refractivity (Wildman–Crippen MR) is 74.3 cm³/mol. The third-order valence-electron chi connectivity index (χ3n) is 3.92. The lowest BCUT2D eigenvalue weighted by atomic mass is 10.0. The van der Waals surface area contributed by atoms with E-state index in [-0.39, 0.29) is 18.0 Å². The topological polar surface area (TPSA) is 85.1 Å². The van der Waals surface area contributed by atoms with Crippen LogP contribution in [0, 0.1) is 0 Å². The predicted octanol–water partition coefficient (Wildman–Crippen LogP) is -0.347. The number of carbonyl (C=O) groups is 1. The second-order valence-electron chi connectivity index (χ2n) is 5.38. The van der Waals surface area contributed by atoms with Crippen molar-refractivity contribution in [3.05, 3.63) is 29.7 Å². The molecule has 1 aromatic heterocycles. The van der Waals surface area contributed by atoms with Crippen molar-refractivity contribution in [3.8, 4) is 0 Å². The lowest BCUT2D eigenvalue weighted by Crippen LogP contribution is -2.44. The molecule has 1 unspecified atom stereocenters. The highest BCUT2D eigenvalue weighted by Gasteiger charge is 2.29. The van der Waals surface area contributed by atoms with E-state index in [4.69, 9.17) is 0 Å². The van der Waals surface area contributed by atoms with Crippen LogP contribution in [0.4, 0.5) is 0 Å². The first-order valence-electron chi connectivity index (χ1n) is 6.94. The van der Waals surface area contributed by atoms with Crippen LogP contribution in [0.25, 0.3) is 0 Å². The van der Waals surface area contributed by atoms with Crippen LogP contribution in [0.3, 0.4) is 0 Å². The summed E-state index contributed by atoms with van der Waals surface area (Å²) in [5.74, 6) is -0.0170. The third-order valence-corrected chi connectivity index (χ3v) is 3.92. The zero-order chi connectivity index (χ0) is 13.9. The summed E-state index contributed by atoms with van der Waals surface area (Å²) in [6, 6.07) is 1.95. The second-order valence-corrected chi connectivity index (χ2v) is 5.38. The lowest BCUT2D eigenvalue weighted by Gasteiger charge is -2.29. The number of likely N-dealkylation sites (tertiary alicyclic amines) is 1. The molecule has 4 N–H and O–H groups in total. The first kappa shape index (κ1) is 13.1. The number of hydrogen-bond acceptors (Lipinski definition) is 5. The van der Waals surface area contributed by atoms with Gasteiger partial charge in [0.05, 0.1) is 17.3 Å². The van der Waals surface area contributed by atoms with Gasteiger partial charge in [0.25, 0.3) is 5.91 Å². The Morgan fingerprint density at radius 1 is 1.45 bits per heavy atom. The maximum Gasteiger partial charge on any atom is 0.251 e. The molecular weight excluding hydrogens is 256 g/mol. The van der Waals surface area contributed by atoms with Crippen molar-refractivity contribution < 1.29 is 4.79 Å². The first-order valence-corrected chi connectivity index (χ1v) is 6.94. The van der Waals surface area contributed by atoms with Gasteiger partial charge in [0.2, 0.25) is 0 Å². The number of aromatic amines is 1. The molecule has 7 heteroatoms. The van der Waals surface area contributed by atoms with E-state index < -0.39 is 0 Å². The van der Waals surface area contributed by atoms with Gasteiger partial charge in [0, 0.05) is 18.4 Å². The van der Waals surface area contributed by atoms with Crippen molar-refractivity contribution in [1.29, 1.82) is 0 Å². The minimum absolute atomic E-state index is 0.0170. The molecule has 0 radical (unpaired) electrons. The van der Waals surface area contributed by atoms with Gasteiger partial charge in [-0.15, -0.1) is 0 Å². The van der Waals surface area contributed by atoms with Crippen LogP contribution in [-0.2, 0) is 4.79 Å². The SMILES string of the molecule is CN1CCC(NC(=O)C2=CNNC2c2ccn[nH]2)CC1. The second kappa shape index (κ2) is 5.64. The zero-order valence-corrected chi connectivity index (χ0v) is 11.5. The summed E-state index contributed by atoms with van der Waals surface area (Å²) in [5, 5.41) is 9.95. The number of nitrogens with zero attached hydrogens (tertiary/aromatic N) is 2. The summed E-state index contributed by atoms with van der Waals surface area (Å²) in [7, 11) is 2.11. The van der Waals surface area contributed by atoms with E-state index in [2.05, 4.69) is 38.3 Å². The number of H-pyrrole nitrogens is 1. The smallest absolute Gasteiger partial charge is 0.251 e. The molecule has 1 amide bonds. The summed E-state index contributed by atoms with van der Waals surface area (Å²) in [5.41, 5.74) is 7.52. The molecule has 1 saturated heterocycles. The Bertz CT molecular complexity index is 489. The van der Waals surface area contributed by atoms with E-state index in [1.807, 2.05) is 6.07 Å². The first-order chi connectivity index (χ1) is 9.74. The number of rotatable bonds is 3. The maximum atomic E-state index is 12.4. The Kier molecular flexibility index (Phi) is 3.70. The standard InChI is InChI=1S/C13H20N6O/c1-19-6-3-9(4-7-19)16-13(20)10-8-15-18-12(10)11-2-5-14-17-11/h2,5,8-9,12,15,18H,3-4,6-7H2,1H3,(H,14,17)(H,16,20). The molecule has 2 aliphatic heterocycles. The molecule has 0 bridgehead atoms. The minimum Gasteiger partial charge on any atom is -0.349 e. The van der Waals surface area contributed by atoms with Gasteiger partial charge in [-0.1, -0.05) is 0 Å². The van der Waals surface area contributed by atoms with Gasteiger partial charge in [0.1, 0.15) is 0 Å². The molecule has 3 heterocycles. The average molecular weight is 276 g/mol. The van der Waals surface area contributed by atoms with Gasteiger partial charge in [-0.3, -0.25) is 9.89 Å². The minimum atomic E-state index is -0.177. The molecule has 0 saturated carbocycles. The Morgan fingerprint density at radius 3 is 2.95 bits per heavy atom. The monoisotopic (exact) mass is 276 g/mol. The summed E-state index contributed by atoms with van der Waals surface area (Å²) in [6.07, 6.45) is 5.41. The number of hydrogen-bond donors (Lipinski definition) is 4. The lowest BCUT2D eigenvalue weighted by molar-refractivity contribution is -0.118. The van der Waals surface area contributed by atoms with Gasteiger partial charge in [-0.2, -0.15) is 5.10 Å². The van der Waals surface area contributed by atoms with Gasteiger partial charge in [-0.05, 0) is 39.0 Å². The van der Waals surface area contributed by atoms with E-state index in [0.717, 1.165) is 31.6 Å². The summed E-state index contributed by atoms with van der Waals surface area (Å²) in [6.45, 7) is 2.06. The normalized spacial score (nSPS) is 24.2. The molecule has 20 heavy (non-hydrogen) atoms. The molecule has 2 aliphatic rings. The Balaban J connectivity index is 1.62. The number of amides is 1. The summed E-state index contributed by atoms with van der Waals surface area (Å²) >= 11 is 0. The average Bonchev–Trinajstić information content (AvgIpc) is 3.11. The molecule has 3 rings (SSSR count). The van der Waals surface area contributed by atoms with Crippen molar-refractivity contribution in [3.63, 3.8) is 0 Å². The van der Waals surface area contributed by atoms with Crippen molar-refractivity contribution >= 4 is 5.91 Å². The summed E-state index contributed by atoms with van der Waals surface area (Å²) in [4.78, 5) is 14.7. The third kappa shape index (κ3) is 2.68. The van der Waals surface area contributed by atoms with E-state index in [1.54, 1.807) is 12.4 Å². The molecule has 0 aliphatic carbocycles. The van der Waals surface area contributed by atoms with Crippen LogP contribution in [0.5, 0.6) is 0 Å². The number of nitrogens with one attached hydrogen (secondary N) is 4. The quantitative estimate of drug-likeness (QED) is 0.606. The van der Waals surface area contributed by atoms with E-state index in [0.29, 0.717) is 5.57 Å². The van der Waals surface area contributed by atoms with Crippen LogP contribution >= 0.6 is 0 Å². The molecule has 1 fully saturated rings. The van der Waals surface area contributed by atoms with E-state index in [1.165, 1.54) is 0 Å². The molecule has 0 aromatic carbocycles. The highest BCUT2D eigenvalue weighted by Crippen LogP contribution is 2.22. The van der Waals surface area contributed by atoms with Crippen molar-refractivity contribution in [2.45, 2.75) is 24.9 Å². The van der Waals surface area contributed by atoms with Gasteiger partial charge in [0.15, 0.2) is 0 Å². The van der Waals surface area contributed by atoms with Crippen LogP contribution < -0.4 is 16.2 Å². The van der Waals surface area contributed by atoms with Gasteiger partial charge >= 0.3 is 0 Å². The molecule has 1 atom stereocenters. The van der Waals surface area contributed by atoms with Crippen LogP contribution in [0.15, 0.2) is 24.0 Å². The fourth-order valence-electron chi connectivity index (χ4n) is 2.65. The van der Waals surface area contributed by atoms with E-state index >= 15 is 0 Å². The Labute approximate surface area is 117 Å². The van der Waals surface area contributed by atoms with Crippen molar-refractivity contribution in [2.24, 2.45) is 0 Å². The van der Waals surface area contributed by atoms with Gasteiger partial charge < -0.3 is 15.6 Å². The number of aromatic nitrogens is 2. The van der Waals surface area contributed by atoms with Crippen LogP contribution in [0.2, 0.25) is 0 Å². The number of carbonyl (C=O) groups excluding carboxylic acids is 1. The largest absolute Gasteiger partial charge is 0.349 e. The van der Waals surface area contributed by atoms with E-state index in [9.17, 15) is 4.79 Å². The highest BCUT2D eigenvalue weighted by molar-refractivity contribution is 5.95. The van der Waals surface area contributed by atoms with Crippen molar-refractivity contribution in [2.75, 3.05) is 20.1 Å². The Morgan fingerprint density at radius 2 is 2.25 bits per heavy atom. The molecular formula is C13H20N6O. The molecule has 1 aromatic rings. The maximum absolute atomic E-state index is 12.4. The summed E-state index contributed by atoms with van der Waals surface area (Å²) < 4.78 is 0. The van der Waals surface area contributed by atoms with Crippen molar-refractivity contribution in [1.82, 2.24) is 31.3 Å². The highest BCUT2D eigenvalue weighted by atomic mass is 16.1. The molecule has 108 valence electrons. The molecule has 7 nitrogen and oxygen atoms in total. The number of hydrazine groups is 1. The van der Waals surface area contributed by atoms with Gasteiger partial charge in [-0.25, -0.2) is 5.43 Å². The Hall–Kier alpha value is -1.86. The fraction of sp³-hybridized carbons (Fsp3) is 0.538. The zero-order valence-electron chi connectivity index (χ0n) is 11.5. The van der Waals surface area contributed by atoms with Crippen LogP contribution in [0.1, 0.15) is 24.6 Å². The fourth-order valence-corrected chi connectivity index (χ4v) is 2.65. The molecule has 0 spiro atoms.